The molecular formula is C10H11ClF2O3S. The van der Waals surface area contributed by atoms with Gasteiger partial charge in [0.25, 0.3) is 9.05 Å². The second-order valence-corrected chi connectivity index (χ2v) is 6.93. The SMILES string of the molecule is CC(C)(C)Oc1c(F)cc(S(=O)(=O)Cl)cc1F. The van der Waals surface area contributed by atoms with Gasteiger partial charge in [-0.1, -0.05) is 0 Å². The summed E-state index contributed by atoms with van der Waals surface area (Å²) in [5.74, 6) is -2.85. The second kappa shape index (κ2) is 4.42. The van der Waals surface area contributed by atoms with Crippen molar-refractivity contribution in [2.75, 3.05) is 0 Å². The summed E-state index contributed by atoms with van der Waals surface area (Å²) in [6.45, 7) is 4.83. The van der Waals surface area contributed by atoms with Crippen LogP contribution in [0.3, 0.4) is 0 Å². The van der Waals surface area contributed by atoms with Gasteiger partial charge < -0.3 is 4.74 Å². The molecule has 96 valence electrons. The van der Waals surface area contributed by atoms with E-state index in [9.17, 15) is 17.2 Å². The molecule has 1 aromatic carbocycles. The van der Waals surface area contributed by atoms with Gasteiger partial charge in [-0.3, -0.25) is 0 Å². The van der Waals surface area contributed by atoms with E-state index < -0.39 is 36.9 Å². The minimum Gasteiger partial charge on any atom is -0.482 e. The number of hydrogen-bond acceptors (Lipinski definition) is 3. The first-order valence-electron chi connectivity index (χ1n) is 4.63. The van der Waals surface area contributed by atoms with Crippen molar-refractivity contribution >= 4 is 19.7 Å². The molecule has 3 nitrogen and oxygen atoms in total. The van der Waals surface area contributed by atoms with Crippen LogP contribution < -0.4 is 4.74 Å². The Morgan fingerprint density at radius 1 is 1.18 bits per heavy atom. The summed E-state index contributed by atoms with van der Waals surface area (Å²) in [6.07, 6.45) is 0. The van der Waals surface area contributed by atoms with Gasteiger partial charge in [0.15, 0.2) is 17.4 Å². The Morgan fingerprint density at radius 3 is 1.88 bits per heavy atom. The molecule has 0 aliphatic carbocycles. The number of ether oxygens (including phenoxy) is 1. The van der Waals surface area contributed by atoms with Crippen LogP contribution in [0.5, 0.6) is 5.75 Å². The van der Waals surface area contributed by atoms with Crippen LogP contribution in [0.15, 0.2) is 17.0 Å². The van der Waals surface area contributed by atoms with Crippen LogP contribution in [0, 0.1) is 11.6 Å². The quantitative estimate of drug-likeness (QED) is 0.784. The fraction of sp³-hybridized carbons (Fsp3) is 0.400. The topological polar surface area (TPSA) is 43.4 Å². The van der Waals surface area contributed by atoms with Crippen LogP contribution >= 0.6 is 10.7 Å². The summed E-state index contributed by atoms with van der Waals surface area (Å²) in [5, 5.41) is 0. The van der Waals surface area contributed by atoms with Gasteiger partial charge in [-0.05, 0) is 32.9 Å². The molecule has 0 fully saturated rings. The molecule has 0 bridgehead atoms. The maximum atomic E-state index is 13.5. The second-order valence-electron chi connectivity index (χ2n) is 4.37. The van der Waals surface area contributed by atoms with Gasteiger partial charge in [-0.15, -0.1) is 0 Å². The summed E-state index contributed by atoms with van der Waals surface area (Å²) in [4.78, 5) is -0.643. The normalized spacial score (nSPS) is 12.6. The standard InChI is InChI=1S/C10H11ClF2O3S/c1-10(2,3)16-9-7(12)4-6(5-8(9)13)17(11,14)15/h4-5H,1-3H3. The van der Waals surface area contributed by atoms with Crippen LogP contribution in [-0.2, 0) is 9.05 Å². The first kappa shape index (κ1) is 14.2. The van der Waals surface area contributed by atoms with Crippen molar-refractivity contribution in [2.24, 2.45) is 0 Å². The third-order valence-corrected chi connectivity index (χ3v) is 2.99. The molecule has 0 N–H and O–H groups in total. The average Bonchev–Trinajstić information content (AvgIpc) is 2.07. The number of benzene rings is 1. The molecule has 0 unspecified atom stereocenters. The Balaban J connectivity index is 3.30. The van der Waals surface area contributed by atoms with Crippen LogP contribution in [0.2, 0.25) is 0 Å². The van der Waals surface area contributed by atoms with Gasteiger partial charge >= 0.3 is 0 Å². The van der Waals surface area contributed by atoms with E-state index in [0.717, 1.165) is 0 Å². The molecular weight excluding hydrogens is 274 g/mol. The molecule has 1 rings (SSSR count). The average molecular weight is 285 g/mol. The van der Waals surface area contributed by atoms with Crippen LogP contribution in [0.25, 0.3) is 0 Å². The van der Waals surface area contributed by atoms with Crippen LogP contribution in [0.1, 0.15) is 20.8 Å². The first-order valence-corrected chi connectivity index (χ1v) is 6.94. The molecule has 0 saturated heterocycles. The Labute approximate surface area is 103 Å². The molecule has 17 heavy (non-hydrogen) atoms. The Morgan fingerprint density at radius 2 is 1.59 bits per heavy atom. The van der Waals surface area contributed by atoms with E-state index in [0.29, 0.717) is 12.1 Å². The first-order chi connectivity index (χ1) is 7.50. The van der Waals surface area contributed by atoms with Crippen LogP contribution in [-0.4, -0.2) is 14.0 Å². The third-order valence-electron chi connectivity index (χ3n) is 1.66. The predicted molar refractivity (Wildman–Crippen MR) is 59.8 cm³/mol. The highest BCUT2D eigenvalue weighted by molar-refractivity contribution is 8.13. The molecule has 0 atom stereocenters. The number of hydrogen-bond donors (Lipinski definition) is 0. The lowest BCUT2D eigenvalue weighted by molar-refractivity contribution is 0.117. The monoisotopic (exact) mass is 284 g/mol. The largest absolute Gasteiger partial charge is 0.482 e. The van der Waals surface area contributed by atoms with E-state index in [1.807, 2.05) is 0 Å². The Kier molecular flexibility index (Phi) is 3.69. The zero-order valence-corrected chi connectivity index (χ0v) is 11.0. The smallest absolute Gasteiger partial charge is 0.261 e. The number of halogens is 3. The van der Waals surface area contributed by atoms with E-state index in [4.69, 9.17) is 15.4 Å². The van der Waals surface area contributed by atoms with Crippen molar-refractivity contribution in [3.8, 4) is 5.75 Å². The van der Waals surface area contributed by atoms with Gasteiger partial charge in [-0.2, -0.15) is 0 Å². The van der Waals surface area contributed by atoms with Crippen LogP contribution in [0.4, 0.5) is 8.78 Å². The lowest BCUT2D eigenvalue weighted by Gasteiger charge is -2.22. The van der Waals surface area contributed by atoms with Gasteiger partial charge in [0.1, 0.15) is 5.60 Å². The molecule has 1 aromatic rings. The van der Waals surface area contributed by atoms with Gasteiger partial charge in [0, 0.05) is 10.7 Å². The molecule has 0 aromatic heterocycles. The summed E-state index contributed by atoms with van der Waals surface area (Å²) >= 11 is 0. The minimum atomic E-state index is -4.17. The highest BCUT2D eigenvalue weighted by Crippen LogP contribution is 2.29. The lowest BCUT2D eigenvalue weighted by atomic mass is 10.2. The van der Waals surface area contributed by atoms with Crippen molar-refractivity contribution in [3.63, 3.8) is 0 Å². The molecule has 0 aliphatic heterocycles. The molecule has 0 radical (unpaired) electrons. The van der Waals surface area contributed by atoms with E-state index in [-0.39, 0.29) is 0 Å². The highest BCUT2D eigenvalue weighted by atomic mass is 35.7. The van der Waals surface area contributed by atoms with Gasteiger partial charge in [-0.25, -0.2) is 17.2 Å². The summed E-state index contributed by atoms with van der Waals surface area (Å²) in [6, 6.07) is 1.24. The van der Waals surface area contributed by atoms with E-state index in [1.54, 1.807) is 20.8 Å². The molecule has 0 saturated carbocycles. The summed E-state index contributed by atoms with van der Waals surface area (Å²) < 4.78 is 53.9. The zero-order chi connectivity index (χ0) is 13.4. The highest BCUT2D eigenvalue weighted by Gasteiger charge is 2.22. The molecule has 0 spiro atoms. The van der Waals surface area contributed by atoms with E-state index in [1.165, 1.54) is 0 Å². The zero-order valence-electron chi connectivity index (χ0n) is 9.42. The van der Waals surface area contributed by atoms with Crippen molar-refractivity contribution in [2.45, 2.75) is 31.3 Å². The Hall–Kier alpha value is -0.880. The van der Waals surface area contributed by atoms with Gasteiger partial charge in [0.05, 0.1) is 4.90 Å². The summed E-state index contributed by atoms with van der Waals surface area (Å²) in [7, 11) is 0.814. The lowest BCUT2D eigenvalue weighted by Crippen LogP contribution is -2.24. The van der Waals surface area contributed by atoms with Crippen molar-refractivity contribution < 1.29 is 21.9 Å². The van der Waals surface area contributed by atoms with E-state index >= 15 is 0 Å². The minimum absolute atomic E-state index is 0.618. The molecule has 7 heteroatoms. The fourth-order valence-electron chi connectivity index (χ4n) is 1.08. The third kappa shape index (κ3) is 3.81. The van der Waals surface area contributed by atoms with E-state index in [2.05, 4.69) is 0 Å². The van der Waals surface area contributed by atoms with Crippen molar-refractivity contribution in [3.05, 3.63) is 23.8 Å². The predicted octanol–water partition coefficient (Wildman–Crippen LogP) is 3.07. The molecule has 0 heterocycles. The molecule has 0 amide bonds. The van der Waals surface area contributed by atoms with Crippen molar-refractivity contribution in [1.82, 2.24) is 0 Å². The number of rotatable bonds is 2. The van der Waals surface area contributed by atoms with Gasteiger partial charge in [0.2, 0.25) is 0 Å². The summed E-state index contributed by atoms with van der Waals surface area (Å²) in [5.41, 5.74) is -0.803. The van der Waals surface area contributed by atoms with Crippen molar-refractivity contribution in [1.29, 1.82) is 0 Å². The maximum absolute atomic E-state index is 13.5. The Bertz CT molecular complexity index is 512. The fourth-order valence-corrected chi connectivity index (χ4v) is 1.84. The molecule has 0 aliphatic rings. The maximum Gasteiger partial charge on any atom is 0.261 e.